The molecule has 3 rings (SSSR count). The number of fused-ring (bicyclic) bond motifs is 3. The number of hydrogen-bond acceptors (Lipinski definition) is 3. The van der Waals surface area contributed by atoms with Crippen molar-refractivity contribution < 1.29 is 13.9 Å². The van der Waals surface area contributed by atoms with Gasteiger partial charge in [-0.05, 0) is 32.9 Å². The molecule has 20 heavy (non-hydrogen) atoms. The van der Waals surface area contributed by atoms with Gasteiger partial charge in [0, 0.05) is 10.8 Å². The molecule has 0 N–H and O–H groups in total. The Balaban J connectivity index is 2.19. The molecule has 0 saturated heterocycles. The summed E-state index contributed by atoms with van der Waals surface area (Å²) in [6.45, 7) is 5.55. The Morgan fingerprint density at radius 2 is 1.70 bits per heavy atom. The molecular formula is C17H16O3. The van der Waals surface area contributed by atoms with Crippen LogP contribution in [0, 0.1) is 0 Å². The van der Waals surface area contributed by atoms with E-state index < -0.39 is 5.60 Å². The fourth-order valence-corrected chi connectivity index (χ4v) is 2.24. The normalized spacial score (nSPS) is 11.9. The monoisotopic (exact) mass is 268 g/mol. The summed E-state index contributed by atoms with van der Waals surface area (Å²) in [5.41, 5.74) is 1.31. The lowest BCUT2D eigenvalue weighted by Crippen LogP contribution is -2.23. The Morgan fingerprint density at radius 3 is 2.45 bits per heavy atom. The number of carbonyl (C=O) groups excluding carboxylic acids is 1. The van der Waals surface area contributed by atoms with E-state index in [-0.39, 0.29) is 5.97 Å². The van der Waals surface area contributed by atoms with E-state index in [1.165, 1.54) is 0 Å². The zero-order valence-corrected chi connectivity index (χ0v) is 11.8. The summed E-state index contributed by atoms with van der Waals surface area (Å²) in [6, 6.07) is 13.3. The molecule has 1 heterocycles. The summed E-state index contributed by atoms with van der Waals surface area (Å²) in [5.74, 6) is -0.359. The van der Waals surface area contributed by atoms with Crippen LogP contribution in [0.15, 0.2) is 46.9 Å². The van der Waals surface area contributed by atoms with Crippen LogP contribution >= 0.6 is 0 Å². The molecule has 0 bridgehead atoms. The minimum atomic E-state index is -0.523. The maximum absolute atomic E-state index is 12.3. The van der Waals surface area contributed by atoms with E-state index in [9.17, 15) is 4.79 Å². The summed E-state index contributed by atoms with van der Waals surface area (Å²) < 4.78 is 11.2. The van der Waals surface area contributed by atoms with Crippen molar-refractivity contribution in [2.24, 2.45) is 0 Å². The standard InChI is InChI=1S/C17H16O3/c1-17(2,3)20-16(18)13-9-6-8-12-11-7-4-5-10-14(11)19-15(12)13/h4-10H,1-3H3. The minimum Gasteiger partial charge on any atom is -0.456 e. The molecule has 3 heteroatoms. The number of hydrogen-bond donors (Lipinski definition) is 0. The van der Waals surface area contributed by atoms with Crippen molar-refractivity contribution in [1.82, 2.24) is 0 Å². The van der Waals surface area contributed by atoms with Gasteiger partial charge in [-0.1, -0.05) is 30.3 Å². The number of furan rings is 1. The Morgan fingerprint density at radius 1 is 1.00 bits per heavy atom. The first-order valence-electron chi connectivity index (χ1n) is 6.59. The largest absolute Gasteiger partial charge is 0.456 e. The summed E-state index contributed by atoms with van der Waals surface area (Å²) >= 11 is 0. The molecular weight excluding hydrogens is 252 g/mol. The molecule has 1 aromatic heterocycles. The highest BCUT2D eigenvalue weighted by Crippen LogP contribution is 2.31. The average molecular weight is 268 g/mol. The topological polar surface area (TPSA) is 39.4 Å². The molecule has 0 fully saturated rings. The number of esters is 1. The number of rotatable bonds is 1. The lowest BCUT2D eigenvalue weighted by Gasteiger charge is -2.19. The van der Waals surface area contributed by atoms with Gasteiger partial charge in [0.15, 0.2) is 0 Å². The molecule has 0 aliphatic carbocycles. The van der Waals surface area contributed by atoms with Crippen molar-refractivity contribution in [1.29, 1.82) is 0 Å². The van der Waals surface area contributed by atoms with Gasteiger partial charge in [-0.3, -0.25) is 0 Å². The fraction of sp³-hybridized carbons (Fsp3) is 0.235. The second-order valence-electron chi connectivity index (χ2n) is 5.78. The van der Waals surface area contributed by atoms with Crippen LogP contribution in [0.2, 0.25) is 0 Å². The van der Waals surface area contributed by atoms with Gasteiger partial charge in [0.2, 0.25) is 0 Å². The number of benzene rings is 2. The SMILES string of the molecule is CC(C)(C)OC(=O)c1cccc2c1oc1ccccc12. The quantitative estimate of drug-likeness (QED) is 0.608. The molecule has 102 valence electrons. The molecule has 0 atom stereocenters. The minimum absolute atomic E-state index is 0.359. The van der Waals surface area contributed by atoms with E-state index in [1.54, 1.807) is 6.07 Å². The van der Waals surface area contributed by atoms with Gasteiger partial charge in [-0.15, -0.1) is 0 Å². The third kappa shape index (κ3) is 2.16. The Labute approximate surface area is 117 Å². The number of para-hydroxylation sites is 2. The van der Waals surface area contributed by atoms with Gasteiger partial charge in [-0.2, -0.15) is 0 Å². The third-order valence-corrected chi connectivity index (χ3v) is 3.02. The van der Waals surface area contributed by atoms with Crippen molar-refractivity contribution in [2.75, 3.05) is 0 Å². The Kier molecular flexibility index (Phi) is 2.78. The Bertz CT molecular complexity index is 791. The van der Waals surface area contributed by atoms with E-state index in [0.29, 0.717) is 11.1 Å². The molecule has 3 nitrogen and oxygen atoms in total. The summed E-state index contributed by atoms with van der Waals surface area (Å²) in [4.78, 5) is 12.3. The van der Waals surface area contributed by atoms with Crippen molar-refractivity contribution in [3.63, 3.8) is 0 Å². The zero-order valence-electron chi connectivity index (χ0n) is 11.8. The van der Waals surface area contributed by atoms with E-state index in [4.69, 9.17) is 9.15 Å². The smallest absolute Gasteiger partial charge is 0.342 e. The van der Waals surface area contributed by atoms with Crippen molar-refractivity contribution in [2.45, 2.75) is 26.4 Å². The predicted molar refractivity (Wildman–Crippen MR) is 78.9 cm³/mol. The van der Waals surface area contributed by atoms with Crippen LogP contribution in [-0.4, -0.2) is 11.6 Å². The first kappa shape index (κ1) is 12.7. The third-order valence-electron chi connectivity index (χ3n) is 3.02. The van der Waals surface area contributed by atoms with Crippen LogP contribution in [-0.2, 0) is 4.74 Å². The van der Waals surface area contributed by atoms with Gasteiger partial charge in [0.1, 0.15) is 22.3 Å². The Hall–Kier alpha value is -2.29. The van der Waals surface area contributed by atoms with Crippen LogP contribution in [0.3, 0.4) is 0 Å². The molecule has 0 aliphatic heterocycles. The summed E-state index contributed by atoms with van der Waals surface area (Å²) in [6.07, 6.45) is 0. The van der Waals surface area contributed by atoms with Gasteiger partial charge in [0.05, 0.1) is 0 Å². The molecule has 0 radical (unpaired) electrons. The molecule has 3 aromatic rings. The van der Waals surface area contributed by atoms with Crippen LogP contribution in [0.5, 0.6) is 0 Å². The van der Waals surface area contributed by atoms with E-state index in [0.717, 1.165) is 16.4 Å². The van der Waals surface area contributed by atoms with Crippen molar-refractivity contribution in [3.05, 3.63) is 48.0 Å². The highest BCUT2D eigenvalue weighted by atomic mass is 16.6. The van der Waals surface area contributed by atoms with E-state index in [1.807, 2.05) is 57.2 Å². The van der Waals surface area contributed by atoms with Gasteiger partial charge < -0.3 is 9.15 Å². The van der Waals surface area contributed by atoms with Crippen molar-refractivity contribution in [3.8, 4) is 0 Å². The second-order valence-corrected chi connectivity index (χ2v) is 5.78. The molecule has 0 saturated carbocycles. The maximum Gasteiger partial charge on any atom is 0.342 e. The van der Waals surface area contributed by atoms with Crippen LogP contribution in [0.1, 0.15) is 31.1 Å². The lowest BCUT2D eigenvalue weighted by molar-refractivity contribution is 0.00708. The fourth-order valence-electron chi connectivity index (χ4n) is 2.24. The van der Waals surface area contributed by atoms with Gasteiger partial charge in [0.25, 0.3) is 0 Å². The molecule has 2 aromatic carbocycles. The molecule has 0 unspecified atom stereocenters. The lowest BCUT2D eigenvalue weighted by atomic mass is 10.1. The van der Waals surface area contributed by atoms with E-state index >= 15 is 0 Å². The summed E-state index contributed by atoms with van der Waals surface area (Å²) in [5, 5.41) is 1.94. The van der Waals surface area contributed by atoms with Gasteiger partial charge in [-0.25, -0.2) is 4.79 Å². The predicted octanol–water partition coefficient (Wildman–Crippen LogP) is 4.54. The second kappa shape index (κ2) is 4.37. The van der Waals surface area contributed by atoms with Gasteiger partial charge >= 0.3 is 5.97 Å². The zero-order chi connectivity index (χ0) is 14.3. The molecule has 0 spiro atoms. The molecule has 0 aliphatic rings. The first-order valence-corrected chi connectivity index (χ1v) is 6.59. The number of ether oxygens (including phenoxy) is 1. The average Bonchev–Trinajstić information content (AvgIpc) is 2.75. The first-order chi connectivity index (χ1) is 9.46. The van der Waals surface area contributed by atoms with Crippen molar-refractivity contribution >= 4 is 27.9 Å². The molecule has 0 amide bonds. The maximum atomic E-state index is 12.3. The highest BCUT2D eigenvalue weighted by Gasteiger charge is 2.21. The van der Waals surface area contributed by atoms with Crippen LogP contribution in [0.25, 0.3) is 21.9 Å². The van der Waals surface area contributed by atoms with E-state index in [2.05, 4.69) is 0 Å². The summed E-state index contributed by atoms with van der Waals surface area (Å²) in [7, 11) is 0. The highest BCUT2D eigenvalue weighted by molar-refractivity contribution is 6.11. The number of carbonyl (C=O) groups is 1. The van der Waals surface area contributed by atoms with Crippen LogP contribution < -0.4 is 0 Å². The van der Waals surface area contributed by atoms with Crippen LogP contribution in [0.4, 0.5) is 0 Å².